The molecule has 2 N–H and O–H groups in total. The van der Waals surface area contributed by atoms with Crippen LogP contribution < -0.4 is 10.6 Å². The van der Waals surface area contributed by atoms with Gasteiger partial charge >= 0.3 is 0 Å². The second kappa shape index (κ2) is 4.46. The van der Waals surface area contributed by atoms with Gasteiger partial charge in [-0.3, -0.25) is 0 Å². The molecule has 0 aliphatic rings. The van der Waals surface area contributed by atoms with Crippen LogP contribution in [0.4, 0.5) is 5.13 Å². The van der Waals surface area contributed by atoms with Crippen molar-refractivity contribution in [3.05, 3.63) is 35.2 Å². The van der Waals surface area contributed by atoms with Gasteiger partial charge in [0.25, 0.3) is 0 Å². The molecular weight excluding hydrogens is 210 g/mol. The van der Waals surface area contributed by atoms with Crippen LogP contribution in [0.5, 0.6) is 0 Å². The van der Waals surface area contributed by atoms with Crippen molar-refractivity contribution in [3.63, 3.8) is 0 Å². The maximum absolute atomic E-state index is 5.54. The summed E-state index contributed by atoms with van der Waals surface area (Å²) in [6.07, 6.45) is 5.25. The van der Waals surface area contributed by atoms with Crippen molar-refractivity contribution >= 4 is 16.5 Å². The molecule has 0 aliphatic heterocycles. The molecule has 0 aliphatic carbocycles. The van der Waals surface area contributed by atoms with E-state index in [4.69, 9.17) is 10.2 Å². The van der Waals surface area contributed by atoms with Gasteiger partial charge in [-0.15, -0.1) is 11.3 Å². The summed E-state index contributed by atoms with van der Waals surface area (Å²) < 4.78 is 5.01. The van der Waals surface area contributed by atoms with Crippen LogP contribution in [0.1, 0.15) is 10.4 Å². The molecule has 0 atom stereocenters. The van der Waals surface area contributed by atoms with E-state index in [1.165, 1.54) is 0 Å². The second-order valence-corrected chi connectivity index (χ2v) is 4.39. The summed E-state index contributed by atoms with van der Waals surface area (Å²) in [5, 5.41) is 0.983. The van der Waals surface area contributed by atoms with Gasteiger partial charge in [0.15, 0.2) is 5.13 Å². The third-order valence-corrected chi connectivity index (χ3v) is 3.20. The van der Waals surface area contributed by atoms with Crippen LogP contribution in [-0.2, 0) is 13.1 Å². The molecule has 0 amide bonds. The first-order valence-corrected chi connectivity index (χ1v) is 5.48. The SMILES string of the molecule is CN(Cc1ccoc1)c1ncc(CN)s1. The van der Waals surface area contributed by atoms with Crippen LogP contribution in [0.15, 0.2) is 29.2 Å². The third-order valence-electron chi connectivity index (χ3n) is 2.07. The number of hydrogen-bond donors (Lipinski definition) is 1. The molecule has 0 spiro atoms. The van der Waals surface area contributed by atoms with Gasteiger partial charge in [-0.05, 0) is 6.07 Å². The number of anilines is 1. The Hall–Kier alpha value is -1.33. The van der Waals surface area contributed by atoms with Crippen molar-refractivity contribution in [2.45, 2.75) is 13.1 Å². The predicted molar refractivity (Wildman–Crippen MR) is 60.8 cm³/mol. The first-order valence-electron chi connectivity index (χ1n) is 4.66. The Morgan fingerprint density at radius 3 is 3.07 bits per heavy atom. The molecule has 4 nitrogen and oxygen atoms in total. The maximum atomic E-state index is 5.54. The highest BCUT2D eigenvalue weighted by molar-refractivity contribution is 7.15. The van der Waals surface area contributed by atoms with Crippen LogP contribution in [0.2, 0.25) is 0 Å². The van der Waals surface area contributed by atoms with E-state index in [1.807, 2.05) is 19.3 Å². The highest BCUT2D eigenvalue weighted by atomic mass is 32.1. The Morgan fingerprint density at radius 2 is 2.47 bits per heavy atom. The van der Waals surface area contributed by atoms with E-state index in [2.05, 4.69) is 9.88 Å². The van der Waals surface area contributed by atoms with Gasteiger partial charge in [0.2, 0.25) is 0 Å². The fraction of sp³-hybridized carbons (Fsp3) is 0.300. The van der Waals surface area contributed by atoms with Crippen molar-refractivity contribution in [2.24, 2.45) is 5.73 Å². The maximum Gasteiger partial charge on any atom is 0.185 e. The van der Waals surface area contributed by atoms with E-state index in [0.717, 1.165) is 22.1 Å². The van der Waals surface area contributed by atoms with E-state index < -0.39 is 0 Å². The van der Waals surface area contributed by atoms with Crippen LogP contribution in [-0.4, -0.2) is 12.0 Å². The van der Waals surface area contributed by atoms with Crippen LogP contribution in [0.25, 0.3) is 0 Å². The Kier molecular flexibility index (Phi) is 3.03. The fourth-order valence-electron chi connectivity index (χ4n) is 1.29. The molecular formula is C10H13N3OS. The lowest BCUT2D eigenvalue weighted by Crippen LogP contribution is -2.15. The number of rotatable bonds is 4. The molecule has 0 unspecified atom stereocenters. The zero-order valence-corrected chi connectivity index (χ0v) is 9.33. The molecule has 5 heteroatoms. The molecule has 0 aromatic carbocycles. The van der Waals surface area contributed by atoms with Gasteiger partial charge in [-0.1, -0.05) is 0 Å². The van der Waals surface area contributed by atoms with E-state index in [-0.39, 0.29) is 0 Å². The monoisotopic (exact) mass is 223 g/mol. The summed E-state index contributed by atoms with van der Waals surface area (Å²) in [5.41, 5.74) is 6.68. The quantitative estimate of drug-likeness (QED) is 0.859. The molecule has 2 heterocycles. The summed E-state index contributed by atoms with van der Waals surface area (Å²) in [4.78, 5) is 7.48. The number of furan rings is 1. The first kappa shape index (κ1) is 10.2. The van der Waals surface area contributed by atoms with Gasteiger partial charge in [-0.2, -0.15) is 0 Å². The molecule has 2 rings (SSSR count). The molecule has 0 fully saturated rings. The van der Waals surface area contributed by atoms with Gasteiger partial charge in [0.1, 0.15) is 0 Å². The summed E-state index contributed by atoms with van der Waals surface area (Å²) >= 11 is 1.62. The smallest absolute Gasteiger partial charge is 0.185 e. The largest absolute Gasteiger partial charge is 0.472 e. The molecule has 0 bridgehead atoms. The van der Waals surface area contributed by atoms with E-state index in [1.54, 1.807) is 23.9 Å². The normalized spacial score (nSPS) is 10.5. The first-order chi connectivity index (χ1) is 7.29. The molecule has 80 valence electrons. The van der Waals surface area contributed by atoms with Crippen molar-refractivity contribution in [1.82, 2.24) is 4.98 Å². The molecule has 0 saturated heterocycles. The topological polar surface area (TPSA) is 55.3 Å². The zero-order chi connectivity index (χ0) is 10.7. The third kappa shape index (κ3) is 2.37. The van der Waals surface area contributed by atoms with Crippen LogP contribution in [0.3, 0.4) is 0 Å². The average molecular weight is 223 g/mol. The summed E-state index contributed by atoms with van der Waals surface area (Å²) in [6, 6.07) is 1.95. The van der Waals surface area contributed by atoms with Gasteiger partial charge in [-0.25, -0.2) is 4.98 Å². The highest BCUT2D eigenvalue weighted by Gasteiger charge is 2.07. The Balaban J connectivity index is 2.04. The highest BCUT2D eigenvalue weighted by Crippen LogP contribution is 2.22. The Morgan fingerprint density at radius 1 is 1.60 bits per heavy atom. The number of thiazole rings is 1. The summed E-state index contributed by atoms with van der Waals surface area (Å²) in [5.74, 6) is 0. The Labute approximate surface area is 92.3 Å². The van der Waals surface area contributed by atoms with E-state index in [0.29, 0.717) is 6.54 Å². The number of nitrogens with two attached hydrogens (primary N) is 1. The van der Waals surface area contributed by atoms with Crippen LogP contribution in [0, 0.1) is 0 Å². The second-order valence-electron chi connectivity index (χ2n) is 3.30. The lowest BCUT2D eigenvalue weighted by Gasteiger charge is -2.13. The fourth-order valence-corrected chi connectivity index (χ4v) is 2.04. The molecule has 0 radical (unpaired) electrons. The molecule has 2 aromatic rings. The van der Waals surface area contributed by atoms with Crippen LogP contribution >= 0.6 is 11.3 Å². The van der Waals surface area contributed by atoms with Crippen molar-refractivity contribution in [1.29, 1.82) is 0 Å². The van der Waals surface area contributed by atoms with Crippen molar-refractivity contribution in [3.8, 4) is 0 Å². The number of nitrogens with zero attached hydrogens (tertiary/aromatic N) is 2. The van der Waals surface area contributed by atoms with Gasteiger partial charge < -0.3 is 15.1 Å². The summed E-state index contributed by atoms with van der Waals surface area (Å²) in [7, 11) is 2.01. The van der Waals surface area contributed by atoms with E-state index in [9.17, 15) is 0 Å². The minimum atomic E-state index is 0.553. The minimum absolute atomic E-state index is 0.553. The van der Waals surface area contributed by atoms with Crippen molar-refractivity contribution < 1.29 is 4.42 Å². The van der Waals surface area contributed by atoms with E-state index >= 15 is 0 Å². The lowest BCUT2D eigenvalue weighted by molar-refractivity contribution is 0.563. The number of aromatic nitrogens is 1. The lowest BCUT2D eigenvalue weighted by atomic mass is 10.3. The average Bonchev–Trinajstić information content (AvgIpc) is 2.86. The van der Waals surface area contributed by atoms with Gasteiger partial charge in [0, 0.05) is 36.8 Å². The summed E-state index contributed by atoms with van der Waals surface area (Å²) in [6.45, 7) is 1.35. The standard InChI is InChI=1S/C10H13N3OS/c1-13(6-8-2-3-14-7-8)10-12-5-9(4-11)15-10/h2-3,5,7H,4,6,11H2,1H3. The number of hydrogen-bond acceptors (Lipinski definition) is 5. The van der Waals surface area contributed by atoms with Gasteiger partial charge in [0.05, 0.1) is 12.5 Å². The predicted octanol–water partition coefficient (Wildman–Crippen LogP) is 1.83. The molecule has 15 heavy (non-hydrogen) atoms. The minimum Gasteiger partial charge on any atom is -0.472 e. The molecule has 0 saturated carbocycles. The Bertz CT molecular complexity index is 410. The molecule has 2 aromatic heterocycles. The van der Waals surface area contributed by atoms with Crippen molar-refractivity contribution in [2.75, 3.05) is 11.9 Å². The zero-order valence-electron chi connectivity index (χ0n) is 8.51.